The summed E-state index contributed by atoms with van der Waals surface area (Å²) in [6.07, 6.45) is 7.66. The maximum Gasteiger partial charge on any atom is 0.278 e. The fourth-order valence-electron chi connectivity index (χ4n) is 5.66. The lowest BCUT2D eigenvalue weighted by Crippen LogP contribution is -2.48. The van der Waals surface area contributed by atoms with Gasteiger partial charge in [-0.2, -0.15) is 0 Å². The van der Waals surface area contributed by atoms with E-state index in [0.717, 1.165) is 41.8 Å². The summed E-state index contributed by atoms with van der Waals surface area (Å²) in [5.41, 5.74) is 0.223. The zero-order valence-electron chi connectivity index (χ0n) is 14.4. The first-order valence-electron chi connectivity index (χ1n) is 9.25. The van der Waals surface area contributed by atoms with Crippen LogP contribution in [0.25, 0.3) is 0 Å². The molecule has 4 bridgehead atoms. The first-order valence-corrected chi connectivity index (χ1v) is 10.2. The van der Waals surface area contributed by atoms with Gasteiger partial charge in [0.2, 0.25) is 5.89 Å². The number of hydrogen-bond acceptors (Lipinski definition) is 5. The van der Waals surface area contributed by atoms with Crippen LogP contribution in [0.3, 0.4) is 0 Å². The molecule has 0 aliphatic heterocycles. The average Bonchev–Trinajstić information content (AvgIpc) is 3.07. The molecule has 0 radical (unpaired) electrons. The van der Waals surface area contributed by atoms with Crippen LogP contribution in [0.1, 0.15) is 44.4 Å². The third kappa shape index (κ3) is 2.90. The van der Waals surface area contributed by atoms with Gasteiger partial charge in [-0.3, -0.25) is 0 Å². The molecule has 1 aromatic heterocycles. The van der Waals surface area contributed by atoms with Gasteiger partial charge >= 0.3 is 0 Å². The second kappa shape index (κ2) is 6.22. The molecule has 4 saturated carbocycles. The summed E-state index contributed by atoms with van der Waals surface area (Å²) >= 11 is 1.31. The normalized spacial score (nSPS) is 32.2. The molecule has 0 amide bonds. The summed E-state index contributed by atoms with van der Waals surface area (Å²) in [4.78, 5) is 0. The van der Waals surface area contributed by atoms with Crippen LogP contribution in [0, 0.1) is 29.4 Å². The number of benzene rings is 1. The van der Waals surface area contributed by atoms with Crippen LogP contribution in [0.2, 0.25) is 0 Å². The number of aromatic nitrogens is 2. The van der Waals surface area contributed by atoms with E-state index in [9.17, 15) is 8.78 Å². The van der Waals surface area contributed by atoms with Crippen molar-refractivity contribution < 1.29 is 13.2 Å². The van der Waals surface area contributed by atoms with E-state index in [1.54, 1.807) is 0 Å². The molecule has 1 aromatic carbocycles. The molecule has 4 aliphatic rings. The van der Waals surface area contributed by atoms with Crippen molar-refractivity contribution in [3.63, 3.8) is 0 Å². The Morgan fingerprint density at radius 2 is 1.77 bits per heavy atom. The zero-order valence-corrected chi connectivity index (χ0v) is 15.2. The topological polar surface area (TPSA) is 51.0 Å². The van der Waals surface area contributed by atoms with E-state index in [2.05, 4.69) is 15.5 Å². The van der Waals surface area contributed by atoms with Crippen LogP contribution in [0.15, 0.2) is 27.8 Å². The Balaban J connectivity index is 1.25. The van der Waals surface area contributed by atoms with Gasteiger partial charge in [0.25, 0.3) is 5.22 Å². The molecule has 0 unspecified atom stereocenters. The van der Waals surface area contributed by atoms with E-state index >= 15 is 0 Å². The number of rotatable bonds is 5. The van der Waals surface area contributed by atoms with Crippen molar-refractivity contribution in [2.24, 2.45) is 17.8 Å². The maximum absolute atomic E-state index is 13.6. The largest absolute Gasteiger partial charge is 0.415 e. The van der Waals surface area contributed by atoms with Gasteiger partial charge in [0.05, 0.1) is 11.6 Å². The standard InChI is InChI=1S/C19H21F2N3OS/c20-14-1-2-15(21)16(6-14)22-10-26-18-24-23-17(25-18)19-7-11-3-12(8-19)5-13(4-11)9-19/h1-2,6,11-13,22H,3-5,7-10H2. The molecule has 4 fully saturated rings. The molecule has 7 heteroatoms. The number of hydrogen-bond donors (Lipinski definition) is 1. The van der Waals surface area contributed by atoms with Gasteiger partial charge in [-0.15, -0.1) is 10.2 Å². The summed E-state index contributed by atoms with van der Waals surface area (Å²) in [5, 5.41) is 11.9. The smallest absolute Gasteiger partial charge is 0.278 e. The Morgan fingerprint density at radius 3 is 2.46 bits per heavy atom. The predicted octanol–water partition coefficient (Wildman–Crippen LogP) is 4.98. The Kier molecular flexibility index (Phi) is 3.95. The van der Waals surface area contributed by atoms with Crippen molar-refractivity contribution in [1.82, 2.24) is 10.2 Å². The van der Waals surface area contributed by atoms with Gasteiger partial charge in [0.15, 0.2) is 0 Å². The SMILES string of the molecule is Fc1ccc(F)c(NCSc2nnc(C34CC5CC(CC(C5)C3)C4)o2)c1. The van der Waals surface area contributed by atoms with Crippen LogP contribution in [-0.2, 0) is 5.41 Å². The van der Waals surface area contributed by atoms with Gasteiger partial charge in [0.1, 0.15) is 11.6 Å². The van der Waals surface area contributed by atoms with Gasteiger partial charge < -0.3 is 9.73 Å². The van der Waals surface area contributed by atoms with Crippen molar-refractivity contribution in [3.05, 3.63) is 35.7 Å². The predicted molar refractivity (Wildman–Crippen MR) is 94.9 cm³/mol. The molecule has 0 spiro atoms. The Hall–Kier alpha value is -1.63. The first kappa shape index (κ1) is 16.5. The Morgan fingerprint density at radius 1 is 1.08 bits per heavy atom. The van der Waals surface area contributed by atoms with E-state index in [-0.39, 0.29) is 11.1 Å². The average molecular weight is 377 g/mol. The fourth-order valence-corrected chi connectivity index (χ4v) is 6.25. The molecular formula is C19H21F2N3OS. The molecule has 6 rings (SSSR count). The second-order valence-corrected chi connectivity index (χ2v) is 9.09. The summed E-state index contributed by atoms with van der Waals surface area (Å²) < 4.78 is 32.8. The van der Waals surface area contributed by atoms with Crippen LogP contribution in [0.5, 0.6) is 0 Å². The summed E-state index contributed by atoms with van der Waals surface area (Å²) in [6.45, 7) is 0. The molecule has 138 valence electrons. The van der Waals surface area contributed by atoms with Crippen molar-refractivity contribution >= 4 is 17.4 Å². The second-order valence-electron chi connectivity index (χ2n) is 8.16. The summed E-state index contributed by atoms with van der Waals surface area (Å²) in [5.74, 6) is 2.64. The molecular weight excluding hydrogens is 356 g/mol. The van der Waals surface area contributed by atoms with E-state index < -0.39 is 11.6 Å². The number of thioether (sulfide) groups is 1. The highest BCUT2D eigenvalue weighted by molar-refractivity contribution is 7.99. The number of nitrogens with one attached hydrogen (secondary N) is 1. The Labute approximate surface area is 155 Å². The van der Waals surface area contributed by atoms with Crippen LogP contribution < -0.4 is 5.32 Å². The van der Waals surface area contributed by atoms with Crippen LogP contribution in [0.4, 0.5) is 14.5 Å². The molecule has 2 aromatic rings. The molecule has 4 aliphatic carbocycles. The van der Waals surface area contributed by atoms with E-state index in [1.165, 1.54) is 50.3 Å². The quantitative estimate of drug-likeness (QED) is 0.588. The zero-order chi connectivity index (χ0) is 17.7. The maximum atomic E-state index is 13.6. The lowest BCUT2D eigenvalue weighted by Gasteiger charge is -2.55. The minimum atomic E-state index is -0.480. The van der Waals surface area contributed by atoms with Gasteiger partial charge in [-0.25, -0.2) is 8.78 Å². The highest BCUT2D eigenvalue weighted by Gasteiger charge is 2.54. The lowest BCUT2D eigenvalue weighted by atomic mass is 9.49. The van der Waals surface area contributed by atoms with Gasteiger partial charge in [-0.1, -0.05) is 0 Å². The summed E-state index contributed by atoms with van der Waals surface area (Å²) in [7, 11) is 0. The monoisotopic (exact) mass is 377 g/mol. The van der Waals surface area contributed by atoms with Crippen molar-refractivity contribution in [1.29, 1.82) is 0 Å². The van der Waals surface area contributed by atoms with Crippen molar-refractivity contribution in [2.75, 3.05) is 11.2 Å². The van der Waals surface area contributed by atoms with Gasteiger partial charge in [0, 0.05) is 5.41 Å². The van der Waals surface area contributed by atoms with E-state index in [0.29, 0.717) is 11.1 Å². The van der Waals surface area contributed by atoms with Gasteiger partial charge in [-0.05, 0) is 86.2 Å². The number of halogens is 2. The minimum Gasteiger partial charge on any atom is -0.415 e. The van der Waals surface area contributed by atoms with Crippen LogP contribution >= 0.6 is 11.8 Å². The highest BCUT2D eigenvalue weighted by atomic mass is 32.2. The number of anilines is 1. The van der Waals surface area contributed by atoms with Crippen LogP contribution in [-0.4, -0.2) is 16.1 Å². The van der Waals surface area contributed by atoms with E-state index in [4.69, 9.17) is 4.42 Å². The minimum absolute atomic E-state index is 0.0860. The molecule has 0 atom stereocenters. The third-order valence-electron chi connectivity index (χ3n) is 6.29. The molecule has 1 N–H and O–H groups in total. The van der Waals surface area contributed by atoms with Crippen molar-refractivity contribution in [2.45, 2.75) is 49.2 Å². The van der Waals surface area contributed by atoms with E-state index in [1.807, 2.05) is 0 Å². The Bertz CT molecular complexity index is 790. The van der Waals surface area contributed by atoms with Crippen molar-refractivity contribution in [3.8, 4) is 0 Å². The lowest BCUT2D eigenvalue weighted by molar-refractivity contribution is -0.0191. The fraction of sp³-hybridized carbons (Fsp3) is 0.579. The molecule has 26 heavy (non-hydrogen) atoms. The molecule has 4 nitrogen and oxygen atoms in total. The molecule has 1 heterocycles. The summed E-state index contributed by atoms with van der Waals surface area (Å²) in [6, 6.07) is 3.36. The first-order chi connectivity index (χ1) is 12.6. The third-order valence-corrected chi connectivity index (χ3v) is 6.99. The highest BCUT2D eigenvalue weighted by Crippen LogP contribution is 2.60. The number of nitrogens with zero attached hydrogens (tertiary/aromatic N) is 2. The molecule has 0 saturated heterocycles.